The molecule has 0 aliphatic heterocycles. The average molecular weight is 558 g/mol. The highest BCUT2D eigenvalue weighted by Gasteiger charge is 2.25. The Morgan fingerprint density at radius 3 is 1.81 bits per heavy atom. The third-order valence-corrected chi connectivity index (χ3v) is 7.78. The molecule has 0 saturated heterocycles. The minimum Gasteiger partial charge on any atom is -0.324 e. The third-order valence-electron chi connectivity index (χ3n) is 7.78. The minimum absolute atomic E-state index is 0.0537. The van der Waals surface area contributed by atoms with Crippen molar-refractivity contribution in [3.8, 4) is 22.6 Å². The van der Waals surface area contributed by atoms with E-state index in [2.05, 4.69) is 145 Å². The van der Waals surface area contributed by atoms with Gasteiger partial charge in [0.25, 0.3) is 0 Å². The second kappa shape index (κ2) is 10.6. The van der Waals surface area contributed by atoms with E-state index >= 15 is 0 Å². The van der Waals surface area contributed by atoms with Crippen LogP contribution in [-0.4, -0.2) is 19.9 Å². The number of aromatic nitrogens is 4. The number of hydrogen-bond acceptors (Lipinski definition) is 5. The zero-order chi connectivity index (χ0) is 30.4. The first-order valence-corrected chi connectivity index (χ1v) is 14.7. The van der Waals surface area contributed by atoms with Gasteiger partial charge in [0.2, 0.25) is 0 Å². The smallest absolute Gasteiger partial charge is 0.136 e. The van der Waals surface area contributed by atoms with Gasteiger partial charge in [-0.1, -0.05) is 111 Å². The van der Waals surface area contributed by atoms with Crippen LogP contribution < -0.4 is 5.32 Å². The average Bonchev–Trinajstić information content (AvgIpc) is 2.91. The number of hydrogen-bond donors (Lipinski definition) is 1. The lowest BCUT2D eigenvalue weighted by atomic mass is 9.85. The number of nitrogens with zero attached hydrogens (tertiary/aromatic N) is 4. The van der Waals surface area contributed by atoms with Crippen LogP contribution in [0.3, 0.4) is 0 Å². The minimum atomic E-state index is -0.140. The Morgan fingerprint density at radius 1 is 0.595 bits per heavy atom. The van der Waals surface area contributed by atoms with Crippen LogP contribution in [0.15, 0.2) is 73.1 Å². The Labute approximate surface area is 250 Å². The van der Waals surface area contributed by atoms with E-state index in [1.165, 1.54) is 5.56 Å². The molecule has 0 saturated carbocycles. The maximum Gasteiger partial charge on any atom is 0.136 e. The summed E-state index contributed by atoms with van der Waals surface area (Å²) in [6.07, 6.45) is 1.63. The molecule has 0 fully saturated rings. The van der Waals surface area contributed by atoms with Gasteiger partial charge in [-0.3, -0.25) is 0 Å². The molecule has 5 rings (SSSR count). The summed E-state index contributed by atoms with van der Waals surface area (Å²) in [5, 5.41) is 4.71. The largest absolute Gasteiger partial charge is 0.324 e. The van der Waals surface area contributed by atoms with Gasteiger partial charge in [0.15, 0.2) is 0 Å². The lowest BCUT2D eigenvalue weighted by molar-refractivity contribution is 0.586. The molecule has 0 aliphatic rings. The van der Waals surface area contributed by atoms with E-state index in [1.54, 1.807) is 6.33 Å². The molecule has 0 bridgehead atoms. The molecule has 0 unspecified atom stereocenters. The fourth-order valence-electron chi connectivity index (χ4n) is 5.31. The molecule has 0 atom stereocenters. The van der Waals surface area contributed by atoms with E-state index in [9.17, 15) is 0 Å². The Kier molecular flexibility index (Phi) is 7.42. The van der Waals surface area contributed by atoms with Crippen LogP contribution in [0, 0.1) is 6.92 Å². The predicted molar refractivity (Wildman–Crippen MR) is 177 cm³/mol. The summed E-state index contributed by atoms with van der Waals surface area (Å²) in [7, 11) is 0. The topological polar surface area (TPSA) is 63.6 Å². The Morgan fingerprint density at radius 2 is 1.19 bits per heavy atom. The molecule has 0 spiro atoms. The Bertz CT molecular complexity index is 1760. The number of aryl methyl sites for hydroxylation is 1. The molecule has 42 heavy (non-hydrogen) atoms. The quantitative estimate of drug-likeness (QED) is 0.238. The molecule has 216 valence electrons. The molecule has 1 N–H and O–H groups in total. The highest BCUT2D eigenvalue weighted by Crippen LogP contribution is 2.37. The van der Waals surface area contributed by atoms with Crippen molar-refractivity contribution in [2.45, 2.75) is 85.5 Å². The summed E-state index contributed by atoms with van der Waals surface area (Å²) in [4.78, 5) is 19.7. The monoisotopic (exact) mass is 557 g/mol. The summed E-state index contributed by atoms with van der Waals surface area (Å²) in [5.41, 5.74) is 9.04. The van der Waals surface area contributed by atoms with Crippen molar-refractivity contribution >= 4 is 22.5 Å². The fourth-order valence-corrected chi connectivity index (χ4v) is 5.31. The van der Waals surface area contributed by atoms with E-state index in [-0.39, 0.29) is 16.2 Å². The maximum atomic E-state index is 5.24. The standard InChI is InChI=1S/C37H43N5/c1-23-13-11-16-26-31(23)38-22-39-32(26)30-20-18-28(37(8,9)10)34(41-30)42-33-27(36(5,6)7)17-19-29(40-33)24-14-12-15-25(21-24)35(2,3)4/h11-22H,1-10H3,(H,40,41,42). The van der Waals surface area contributed by atoms with E-state index in [4.69, 9.17) is 9.97 Å². The van der Waals surface area contributed by atoms with Gasteiger partial charge >= 0.3 is 0 Å². The van der Waals surface area contributed by atoms with Crippen molar-refractivity contribution in [2.75, 3.05) is 5.32 Å². The van der Waals surface area contributed by atoms with Crippen molar-refractivity contribution in [2.24, 2.45) is 0 Å². The second-order valence-corrected chi connectivity index (χ2v) is 14.3. The SMILES string of the molecule is Cc1cccc2c(-c3ccc(C(C)(C)C)c(Nc4nc(-c5cccc(C(C)(C)C)c5)ccc4C(C)(C)C)n3)ncnc12. The van der Waals surface area contributed by atoms with Crippen LogP contribution in [0.25, 0.3) is 33.5 Å². The van der Waals surface area contributed by atoms with Gasteiger partial charge in [0.1, 0.15) is 18.0 Å². The maximum absolute atomic E-state index is 5.24. The van der Waals surface area contributed by atoms with Crippen LogP contribution >= 0.6 is 0 Å². The van der Waals surface area contributed by atoms with Gasteiger partial charge in [0.05, 0.1) is 22.6 Å². The summed E-state index contributed by atoms with van der Waals surface area (Å²) in [6.45, 7) is 22.1. The van der Waals surface area contributed by atoms with Crippen LogP contribution in [0.1, 0.15) is 84.6 Å². The Hall–Kier alpha value is -4.12. The van der Waals surface area contributed by atoms with Crippen molar-refractivity contribution < 1.29 is 0 Å². The van der Waals surface area contributed by atoms with Crippen LogP contribution in [0.4, 0.5) is 11.6 Å². The first-order chi connectivity index (χ1) is 19.6. The molecule has 0 amide bonds. The number of nitrogens with one attached hydrogen (secondary N) is 1. The predicted octanol–water partition coefficient (Wildman–Crippen LogP) is 9.70. The van der Waals surface area contributed by atoms with Crippen molar-refractivity contribution in [3.05, 3.63) is 95.3 Å². The zero-order valence-electron chi connectivity index (χ0n) is 26.7. The van der Waals surface area contributed by atoms with Crippen LogP contribution in [0.5, 0.6) is 0 Å². The lowest BCUT2D eigenvalue weighted by Gasteiger charge is -2.27. The molecule has 0 radical (unpaired) electrons. The van der Waals surface area contributed by atoms with Gasteiger partial charge in [-0.05, 0) is 52.5 Å². The molecule has 3 heterocycles. The number of para-hydroxylation sites is 1. The second-order valence-electron chi connectivity index (χ2n) is 14.3. The highest BCUT2D eigenvalue weighted by molar-refractivity contribution is 5.93. The highest BCUT2D eigenvalue weighted by atomic mass is 15.1. The van der Waals surface area contributed by atoms with Gasteiger partial charge < -0.3 is 5.32 Å². The fraction of sp³-hybridized carbons (Fsp3) is 0.351. The molecule has 5 aromatic rings. The molecule has 5 heteroatoms. The van der Waals surface area contributed by atoms with Gasteiger partial charge in [0, 0.05) is 22.1 Å². The van der Waals surface area contributed by atoms with Crippen molar-refractivity contribution in [1.29, 1.82) is 0 Å². The molecule has 5 nitrogen and oxygen atoms in total. The number of rotatable bonds is 4. The lowest BCUT2D eigenvalue weighted by Crippen LogP contribution is -2.18. The van der Waals surface area contributed by atoms with E-state index in [0.717, 1.165) is 61.9 Å². The normalized spacial score (nSPS) is 12.5. The molecular weight excluding hydrogens is 514 g/mol. The Balaban J connectivity index is 1.68. The molecule has 2 aromatic carbocycles. The van der Waals surface area contributed by atoms with Crippen molar-refractivity contribution in [3.63, 3.8) is 0 Å². The zero-order valence-corrected chi connectivity index (χ0v) is 26.7. The summed E-state index contributed by atoms with van der Waals surface area (Å²) < 4.78 is 0. The number of pyridine rings is 2. The third kappa shape index (κ3) is 5.92. The van der Waals surface area contributed by atoms with E-state index < -0.39 is 0 Å². The van der Waals surface area contributed by atoms with Crippen LogP contribution in [0.2, 0.25) is 0 Å². The van der Waals surface area contributed by atoms with Gasteiger partial charge in [-0.25, -0.2) is 19.9 Å². The summed E-state index contributed by atoms with van der Waals surface area (Å²) in [6, 6.07) is 23.5. The molecule has 0 aliphatic carbocycles. The molecule has 3 aromatic heterocycles. The number of fused-ring (bicyclic) bond motifs is 1. The number of anilines is 2. The van der Waals surface area contributed by atoms with Gasteiger partial charge in [-0.2, -0.15) is 0 Å². The molecular formula is C37H43N5. The van der Waals surface area contributed by atoms with Crippen LogP contribution in [-0.2, 0) is 16.2 Å². The first kappa shape index (κ1) is 29.4. The van der Waals surface area contributed by atoms with E-state index in [0.29, 0.717) is 0 Å². The number of benzene rings is 2. The van der Waals surface area contributed by atoms with Gasteiger partial charge in [-0.15, -0.1) is 0 Å². The summed E-state index contributed by atoms with van der Waals surface area (Å²) in [5.74, 6) is 1.61. The van der Waals surface area contributed by atoms with Crippen molar-refractivity contribution in [1.82, 2.24) is 19.9 Å². The van der Waals surface area contributed by atoms with E-state index in [1.807, 2.05) is 6.07 Å². The summed E-state index contributed by atoms with van der Waals surface area (Å²) >= 11 is 0. The first-order valence-electron chi connectivity index (χ1n) is 14.7.